The second-order valence-electron chi connectivity index (χ2n) is 3.25. The summed E-state index contributed by atoms with van der Waals surface area (Å²) in [5.74, 6) is 0. The van der Waals surface area contributed by atoms with Crippen LogP contribution in [0.25, 0.3) is 10.9 Å². The number of hydrogen-bond donors (Lipinski definition) is 0. The number of para-hydroxylation sites is 1. The highest BCUT2D eigenvalue weighted by Crippen LogP contribution is 2.29. The van der Waals surface area contributed by atoms with E-state index in [0.29, 0.717) is 0 Å². The van der Waals surface area contributed by atoms with E-state index in [4.69, 9.17) is 4.74 Å². The first-order valence-electron chi connectivity index (χ1n) is 4.41. The van der Waals surface area contributed by atoms with Crippen LogP contribution in [0.1, 0.15) is 11.8 Å². The molecule has 1 aliphatic rings. The zero-order valence-electron chi connectivity index (χ0n) is 7.10. The van der Waals surface area contributed by atoms with Crippen LogP contribution in [0.5, 0.6) is 0 Å². The maximum Gasteiger partial charge on any atom is 0.123 e. The summed E-state index contributed by atoms with van der Waals surface area (Å²) < 4.78 is 5.18. The lowest BCUT2D eigenvalue weighted by Crippen LogP contribution is -1.87. The largest absolute Gasteiger partial charge is 0.366 e. The van der Waals surface area contributed by atoms with Crippen molar-refractivity contribution in [2.45, 2.75) is 6.10 Å². The van der Waals surface area contributed by atoms with Crippen LogP contribution in [-0.4, -0.2) is 11.6 Å². The van der Waals surface area contributed by atoms with Gasteiger partial charge in [0.1, 0.15) is 6.10 Å². The Morgan fingerprint density at radius 1 is 1.15 bits per heavy atom. The van der Waals surface area contributed by atoms with Crippen molar-refractivity contribution < 1.29 is 4.74 Å². The lowest BCUT2D eigenvalue weighted by molar-refractivity contribution is 0.412. The van der Waals surface area contributed by atoms with Crippen LogP contribution in [0.4, 0.5) is 0 Å². The Morgan fingerprint density at radius 3 is 2.85 bits per heavy atom. The summed E-state index contributed by atoms with van der Waals surface area (Å²) in [6.45, 7) is 0.825. The molecule has 2 heteroatoms. The summed E-state index contributed by atoms with van der Waals surface area (Å²) in [5.41, 5.74) is 2.11. The topological polar surface area (TPSA) is 25.4 Å². The van der Waals surface area contributed by atoms with Crippen molar-refractivity contribution in [1.29, 1.82) is 0 Å². The maximum atomic E-state index is 5.18. The third-order valence-electron chi connectivity index (χ3n) is 2.28. The normalized spacial score (nSPS) is 20.5. The van der Waals surface area contributed by atoms with Crippen molar-refractivity contribution in [2.75, 3.05) is 6.61 Å². The molecule has 13 heavy (non-hydrogen) atoms. The molecule has 64 valence electrons. The molecule has 2 aromatic rings. The van der Waals surface area contributed by atoms with Gasteiger partial charge in [0.2, 0.25) is 0 Å². The highest BCUT2D eigenvalue weighted by molar-refractivity contribution is 5.78. The van der Waals surface area contributed by atoms with Crippen LogP contribution in [-0.2, 0) is 4.74 Å². The quantitative estimate of drug-likeness (QED) is 0.615. The van der Waals surface area contributed by atoms with Crippen molar-refractivity contribution in [1.82, 2.24) is 4.98 Å². The molecule has 1 fully saturated rings. The monoisotopic (exact) mass is 171 g/mol. The van der Waals surface area contributed by atoms with Gasteiger partial charge in [-0.1, -0.05) is 24.3 Å². The van der Waals surface area contributed by atoms with Gasteiger partial charge in [0.05, 0.1) is 17.8 Å². The maximum absolute atomic E-state index is 5.18. The number of fused-ring (bicyclic) bond motifs is 1. The second kappa shape index (κ2) is 2.54. The fourth-order valence-electron chi connectivity index (χ4n) is 1.48. The standard InChI is InChI=1S/C11H9NO/c1-2-4-9-8(3-1)5-6-10(12-9)11-7-13-11/h1-6,11H,7H2. The summed E-state index contributed by atoms with van der Waals surface area (Å²) in [7, 11) is 0. The summed E-state index contributed by atoms with van der Waals surface area (Å²) in [5, 5.41) is 1.19. The van der Waals surface area contributed by atoms with Gasteiger partial charge in [-0.15, -0.1) is 0 Å². The van der Waals surface area contributed by atoms with Gasteiger partial charge in [0, 0.05) is 5.39 Å². The number of ether oxygens (including phenoxy) is 1. The van der Waals surface area contributed by atoms with E-state index in [1.54, 1.807) is 0 Å². The van der Waals surface area contributed by atoms with Gasteiger partial charge in [0.15, 0.2) is 0 Å². The van der Waals surface area contributed by atoms with E-state index in [1.165, 1.54) is 5.39 Å². The van der Waals surface area contributed by atoms with Gasteiger partial charge in [-0.3, -0.25) is 0 Å². The predicted molar refractivity (Wildman–Crippen MR) is 50.4 cm³/mol. The molecular weight excluding hydrogens is 162 g/mol. The van der Waals surface area contributed by atoms with Crippen molar-refractivity contribution in [3.8, 4) is 0 Å². The fraction of sp³-hybridized carbons (Fsp3) is 0.182. The molecule has 0 saturated carbocycles. The van der Waals surface area contributed by atoms with E-state index in [1.807, 2.05) is 24.3 Å². The molecular formula is C11H9NO. The van der Waals surface area contributed by atoms with Gasteiger partial charge in [-0.25, -0.2) is 4.98 Å². The first-order valence-corrected chi connectivity index (χ1v) is 4.41. The molecule has 3 rings (SSSR count). The average Bonchev–Trinajstić information content (AvgIpc) is 3.00. The lowest BCUT2D eigenvalue weighted by atomic mass is 10.2. The van der Waals surface area contributed by atoms with E-state index < -0.39 is 0 Å². The minimum absolute atomic E-state index is 0.254. The summed E-state index contributed by atoms with van der Waals surface area (Å²) >= 11 is 0. The molecule has 0 spiro atoms. The molecule has 0 N–H and O–H groups in total. The van der Waals surface area contributed by atoms with Gasteiger partial charge < -0.3 is 4.74 Å². The molecule has 1 aromatic heterocycles. The highest BCUT2D eigenvalue weighted by atomic mass is 16.6. The Morgan fingerprint density at radius 2 is 2.00 bits per heavy atom. The molecule has 0 bridgehead atoms. The zero-order chi connectivity index (χ0) is 8.67. The molecule has 1 aliphatic heterocycles. The molecule has 1 atom stereocenters. The van der Waals surface area contributed by atoms with Crippen LogP contribution in [0.3, 0.4) is 0 Å². The first-order chi connectivity index (χ1) is 6.43. The van der Waals surface area contributed by atoms with Crippen molar-refractivity contribution in [3.63, 3.8) is 0 Å². The predicted octanol–water partition coefficient (Wildman–Crippen LogP) is 2.31. The average molecular weight is 171 g/mol. The molecule has 1 unspecified atom stereocenters. The van der Waals surface area contributed by atoms with E-state index in [-0.39, 0.29) is 6.10 Å². The van der Waals surface area contributed by atoms with Gasteiger partial charge >= 0.3 is 0 Å². The Hall–Kier alpha value is -1.41. The van der Waals surface area contributed by atoms with Crippen molar-refractivity contribution in [3.05, 3.63) is 42.1 Å². The molecule has 1 saturated heterocycles. The molecule has 0 amide bonds. The number of hydrogen-bond acceptors (Lipinski definition) is 2. The minimum Gasteiger partial charge on any atom is -0.366 e. The number of rotatable bonds is 1. The third kappa shape index (κ3) is 1.19. The number of nitrogens with zero attached hydrogens (tertiary/aromatic N) is 1. The van der Waals surface area contributed by atoms with E-state index in [0.717, 1.165) is 17.8 Å². The zero-order valence-corrected chi connectivity index (χ0v) is 7.10. The number of epoxide rings is 1. The van der Waals surface area contributed by atoms with Crippen molar-refractivity contribution >= 4 is 10.9 Å². The Kier molecular flexibility index (Phi) is 1.37. The number of aromatic nitrogens is 1. The van der Waals surface area contributed by atoms with E-state index >= 15 is 0 Å². The number of benzene rings is 1. The molecule has 0 radical (unpaired) electrons. The Bertz CT molecular complexity index is 449. The van der Waals surface area contributed by atoms with E-state index in [2.05, 4.69) is 17.1 Å². The lowest BCUT2D eigenvalue weighted by Gasteiger charge is -1.98. The Balaban J connectivity index is 2.21. The molecule has 2 nitrogen and oxygen atoms in total. The van der Waals surface area contributed by atoms with Crippen LogP contribution in [0, 0.1) is 0 Å². The van der Waals surface area contributed by atoms with Crippen LogP contribution in [0.2, 0.25) is 0 Å². The molecule has 0 aliphatic carbocycles. The Labute approximate surface area is 76.2 Å². The van der Waals surface area contributed by atoms with Gasteiger partial charge in [-0.05, 0) is 12.1 Å². The third-order valence-corrected chi connectivity index (χ3v) is 2.28. The van der Waals surface area contributed by atoms with Crippen LogP contribution >= 0.6 is 0 Å². The summed E-state index contributed by atoms with van der Waals surface area (Å²) in [6.07, 6.45) is 0.254. The van der Waals surface area contributed by atoms with Gasteiger partial charge in [-0.2, -0.15) is 0 Å². The molecule has 1 aromatic carbocycles. The minimum atomic E-state index is 0.254. The first kappa shape index (κ1) is 7.04. The number of pyridine rings is 1. The summed E-state index contributed by atoms with van der Waals surface area (Å²) in [6, 6.07) is 12.3. The summed E-state index contributed by atoms with van der Waals surface area (Å²) in [4.78, 5) is 4.51. The molecule has 2 heterocycles. The fourth-order valence-corrected chi connectivity index (χ4v) is 1.48. The van der Waals surface area contributed by atoms with Crippen LogP contribution < -0.4 is 0 Å². The van der Waals surface area contributed by atoms with E-state index in [9.17, 15) is 0 Å². The van der Waals surface area contributed by atoms with Crippen molar-refractivity contribution in [2.24, 2.45) is 0 Å². The highest BCUT2D eigenvalue weighted by Gasteiger charge is 2.25. The smallest absolute Gasteiger partial charge is 0.123 e. The van der Waals surface area contributed by atoms with Gasteiger partial charge in [0.25, 0.3) is 0 Å². The SMILES string of the molecule is c1ccc2nc(C3CO3)ccc2c1. The van der Waals surface area contributed by atoms with Crippen LogP contribution in [0.15, 0.2) is 36.4 Å². The second-order valence-corrected chi connectivity index (χ2v) is 3.25.